The Kier molecular flexibility index (Phi) is 6.34. The highest BCUT2D eigenvalue weighted by atomic mass is 19.1. The lowest BCUT2D eigenvalue weighted by molar-refractivity contribution is -0.136. The molecular weight excluding hydrogens is 391 g/mol. The van der Waals surface area contributed by atoms with Gasteiger partial charge in [-0.3, -0.25) is 14.4 Å². The number of carbonyl (C=O) groups excluding carboxylic acids is 3. The summed E-state index contributed by atoms with van der Waals surface area (Å²) < 4.78 is 23.7. The van der Waals surface area contributed by atoms with Crippen molar-refractivity contribution in [2.75, 3.05) is 25.7 Å². The molecule has 1 saturated heterocycles. The molecule has 0 aromatic heterocycles. The van der Waals surface area contributed by atoms with E-state index in [9.17, 15) is 18.8 Å². The molecule has 0 saturated carbocycles. The number of ether oxygens (including phenoxy) is 2. The average Bonchev–Trinajstić information content (AvgIpc) is 3.02. The van der Waals surface area contributed by atoms with Crippen LogP contribution < -0.4 is 14.4 Å². The number of carbonyl (C=O) groups is 3. The molecule has 1 aliphatic heterocycles. The molecule has 1 fully saturated rings. The molecule has 2 aromatic rings. The van der Waals surface area contributed by atoms with Crippen LogP contribution in [0.1, 0.15) is 18.9 Å². The molecule has 1 atom stereocenters. The summed E-state index contributed by atoms with van der Waals surface area (Å²) in [5.74, 6) is -0.518. The normalized spacial score (nSPS) is 16.0. The fraction of sp³-hybridized carbons (Fsp3) is 0.318. The Balaban J connectivity index is 1.76. The number of rotatable bonds is 7. The quantitative estimate of drug-likeness (QED) is 0.651. The van der Waals surface area contributed by atoms with E-state index in [0.29, 0.717) is 17.9 Å². The molecule has 0 N–H and O–H groups in total. The first-order chi connectivity index (χ1) is 14.3. The molecule has 30 heavy (non-hydrogen) atoms. The number of hydrogen-bond donors (Lipinski definition) is 0. The first kappa shape index (κ1) is 21.3. The third-order valence-corrected chi connectivity index (χ3v) is 5.08. The lowest BCUT2D eigenvalue weighted by Gasteiger charge is -2.26. The van der Waals surface area contributed by atoms with E-state index in [-0.39, 0.29) is 24.6 Å². The molecule has 1 aliphatic rings. The zero-order chi connectivity index (χ0) is 21.8. The molecule has 0 spiro atoms. The number of amides is 3. The van der Waals surface area contributed by atoms with Crippen molar-refractivity contribution in [3.05, 3.63) is 53.8 Å². The van der Waals surface area contributed by atoms with Crippen molar-refractivity contribution >= 4 is 23.4 Å². The van der Waals surface area contributed by atoms with Crippen LogP contribution >= 0.6 is 0 Å². The maximum absolute atomic E-state index is 13.2. The van der Waals surface area contributed by atoms with Gasteiger partial charge < -0.3 is 14.4 Å². The van der Waals surface area contributed by atoms with Gasteiger partial charge in [-0.05, 0) is 48.4 Å². The molecule has 158 valence electrons. The van der Waals surface area contributed by atoms with Crippen LogP contribution in [0.3, 0.4) is 0 Å². The maximum Gasteiger partial charge on any atom is 0.257 e. The molecule has 2 aromatic carbocycles. The smallest absolute Gasteiger partial charge is 0.257 e. The Hall–Kier alpha value is -3.42. The minimum atomic E-state index is -0.889. The van der Waals surface area contributed by atoms with Crippen LogP contribution in [0.5, 0.6) is 11.5 Å². The van der Waals surface area contributed by atoms with E-state index in [4.69, 9.17) is 9.47 Å². The standard InChI is InChI=1S/C22H23FN2O5/c1-14(26)24(11-10-15-4-9-19(29-2)20(12-15)30-3)18-13-21(27)25(22(18)28)17-7-5-16(23)6-8-17/h4-9,12,18H,10-11,13H2,1-3H3. The number of methoxy groups -OCH3 is 2. The molecule has 0 bridgehead atoms. The molecule has 3 rings (SSSR count). The first-order valence-electron chi connectivity index (χ1n) is 9.46. The number of anilines is 1. The SMILES string of the molecule is COc1ccc(CCN(C(C)=O)C2CC(=O)N(c3ccc(F)cc3)C2=O)cc1OC. The fourth-order valence-corrected chi connectivity index (χ4v) is 3.54. The second kappa shape index (κ2) is 8.94. The second-order valence-corrected chi connectivity index (χ2v) is 6.92. The summed E-state index contributed by atoms with van der Waals surface area (Å²) in [5, 5.41) is 0. The van der Waals surface area contributed by atoms with E-state index in [2.05, 4.69) is 0 Å². The van der Waals surface area contributed by atoms with Gasteiger partial charge in [0.2, 0.25) is 11.8 Å². The molecule has 3 amide bonds. The molecule has 0 radical (unpaired) electrons. The zero-order valence-electron chi connectivity index (χ0n) is 17.1. The number of hydrogen-bond acceptors (Lipinski definition) is 5. The minimum absolute atomic E-state index is 0.109. The molecular formula is C22H23FN2O5. The lowest BCUT2D eigenvalue weighted by Crippen LogP contribution is -2.45. The number of benzene rings is 2. The van der Waals surface area contributed by atoms with Gasteiger partial charge in [0, 0.05) is 13.5 Å². The van der Waals surface area contributed by atoms with Crippen LogP contribution in [0.25, 0.3) is 0 Å². The summed E-state index contributed by atoms with van der Waals surface area (Å²) in [6.07, 6.45) is 0.357. The van der Waals surface area contributed by atoms with E-state index in [1.807, 2.05) is 12.1 Å². The summed E-state index contributed by atoms with van der Waals surface area (Å²) in [7, 11) is 3.08. The summed E-state index contributed by atoms with van der Waals surface area (Å²) in [6, 6.07) is 9.65. The second-order valence-electron chi connectivity index (χ2n) is 6.92. The van der Waals surface area contributed by atoms with Crippen LogP contribution in [0.2, 0.25) is 0 Å². The topological polar surface area (TPSA) is 76.2 Å². The summed E-state index contributed by atoms with van der Waals surface area (Å²) in [4.78, 5) is 40.1. The van der Waals surface area contributed by atoms with Crippen LogP contribution in [0.4, 0.5) is 10.1 Å². The van der Waals surface area contributed by atoms with Crippen molar-refractivity contribution in [1.29, 1.82) is 0 Å². The van der Waals surface area contributed by atoms with Crippen molar-refractivity contribution in [1.82, 2.24) is 4.90 Å². The number of imide groups is 1. The van der Waals surface area contributed by atoms with Gasteiger partial charge in [-0.1, -0.05) is 6.07 Å². The van der Waals surface area contributed by atoms with Gasteiger partial charge in [-0.2, -0.15) is 0 Å². The minimum Gasteiger partial charge on any atom is -0.493 e. The van der Waals surface area contributed by atoms with Crippen molar-refractivity contribution < 1.29 is 28.2 Å². The van der Waals surface area contributed by atoms with Gasteiger partial charge in [-0.15, -0.1) is 0 Å². The molecule has 8 heteroatoms. The predicted molar refractivity (Wildman–Crippen MR) is 108 cm³/mol. The lowest BCUT2D eigenvalue weighted by atomic mass is 10.1. The highest BCUT2D eigenvalue weighted by molar-refractivity contribution is 6.22. The molecule has 1 heterocycles. The zero-order valence-corrected chi connectivity index (χ0v) is 17.1. The Labute approximate surface area is 174 Å². The summed E-state index contributed by atoms with van der Waals surface area (Å²) in [5.41, 5.74) is 1.18. The third kappa shape index (κ3) is 4.27. The van der Waals surface area contributed by atoms with Crippen LogP contribution in [-0.2, 0) is 20.8 Å². The van der Waals surface area contributed by atoms with Gasteiger partial charge in [-0.25, -0.2) is 9.29 Å². The highest BCUT2D eigenvalue weighted by Crippen LogP contribution is 2.29. The van der Waals surface area contributed by atoms with E-state index in [1.54, 1.807) is 13.2 Å². The monoisotopic (exact) mass is 414 g/mol. The summed E-state index contributed by atoms with van der Waals surface area (Å²) >= 11 is 0. The van der Waals surface area contributed by atoms with Crippen molar-refractivity contribution in [3.8, 4) is 11.5 Å². The molecule has 1 unspecified atom stereocenters. The summed E-state index contributed by atoms with van der Waals surface area (Å²) in [6.45, 7) is 1.62. The van der Waals surface area contributed by atoms with E-state index in [1.165, 1.54) is 43.2 Å². The van der Waals surface area contributed by atoms with Crippen LogP contribution in [0.15, 0.2) is 42.5 Å². The average molecular weight is 414 g/mol. The maximum atomic E-state index is 13.2. The largest absolute Gasteiger partial charge is 0.493 e. The first-order valence-corrected chi connectivity index (χ1v) is 9.46. The third-order valence-electron chi connectivity index (χ3n) is 5.08. The van der Waals surface area contributed by atoms with Gasteiger partial charge >= 0.3 is 0 Å². The molecule has 7 nitrogen and oxygen atoms in total. The van der Waals surface area contributed by atoms with Gasteiger partial charge in [0.25, 0.3) is 5.91 Å². The highest BCUT2D eigenvalue weighted by Gasteiger charge is 2.43. The number of halogens is 1. The molecule has 0 aliphatic carbocycles. The number of nitrogens with zero attached hydrogens (tertiary/aromatic N) is 2. The van der Waals surface area contributed by atoms with Crippen LogP contribution in [-0.4, -0.2) is 49.4 Å². The van der Waals surface area contributed by atoms with Gasteiger partial charge in [0.1, 0.15) is 11.9 Å². The van der Waals surface area contributed by atoms with Crippen molar-refractivity contribution in [3.63, 3.8) is 0 Å². The Morgan fingerprint density at radius 3 is 2.37 bits per heavy atom. The Morgan fingerprint density at radius 2 is 1.77 bits per heavy atom. The van der Waals surface area contributed by atoms with Crippen molar-refractivity contribution in [2.45, 2.75) is 25.8 Å². The van der Waals surface area contributed by atoms with E-state index in [0.717, 1.165) is 10.5 Å². The van der Waals surface area contributed by atoms with Crippen molar-refractivity contribution in [2.24, 2.45) is 0 Å². The van der Waals surface area contributed by atoms with E-state index >= 15 is 0 Å². The Morgan fingerprint density at radius 1 is 1.10 bits per heavy atom. The fourth-order valence-electron chi connectivity index (χ4n) is 3.54. The van der Waals surface area contributed by atoms with Gasteiger partial charge in [0.05, 0.1) is 26.3 Å². The van der Waals surface area contributed by atoms with Crippen LogP contribution in [0, 0.1) is 5.82 Å². The van der Waals surface area contributed by atoms with E-state index < -0.39 is 23.7 Å². The van der Waals surface area contributed by atoms with Gasteiger partial charge in [0.15, 0.2) is 11.5 Å². The Bertz CT molecular complexity index is 961. The predicted octanol–water partition coefficient (Wildman–Crippen LogP) is 2.57.